The van der Waals surface area contributed by atoms with Crippen LogP contribution < -0.4 is 0 Å². The average Bonchev–Trinajstić information content (AvgIpc) is 2.57. The smallest absolute Gasteiger partial charge is 0.265 e. The molecule has 6 heteroatoms. The molecule has 0 spiro atoms. The standard InChI is InChI=1S/C11H12ClNO3S/c1-11(2,3)10-13-7-5-4-6-8(9(7)16-10)17(12,14)15/h4-6H,1-3H3. The SMILES string of the molecule is CC(C)(C)c1nc2cccc(S(=O)(=O)Cl)c2o1. The highest BCUT2D eigenvalue weighted by atomic mass is 35.7. The van der Waals surface area contributed by atoms with Crippen molar-refractivity contribution in [3.63, 3.8) is 0 Å². The van der Waals surface area contributed by atoms with Crippen molar-refractivity contribution in [3.05, 3.63) is 24.1 Å². The molecule has 0 aliphatic carbocycles. The molecule has 2 rings (SSSR count). The number of hydrogen-bond donors (Lipinski definition) is 0. The minimum absolute atomic E-state index is 0.0420. The molecule has 0 N–H and O–H groups in total. The summed E-state index contributed by atoms with van der Waals surface area (Å²) in [5.74, 6) is 0.486. The Kier molecular flexibility index (Phi) is 2.71. The summed E-state index contributed by atoms with van der Waals surface area (Å²) in [6.07, 6.45) is 0. The summed E-state index contributed by atoms with van der Waals surface area (Å²) in [7, 11) is 1.52. The first-order valence-electron chi connectivity index (χ1n) is 5.04. The minimum atomic E-state index is -3.82. The molecule has 1 aromatic heterocycles. The molecular formula is C11H12ClNO3S. The zero-order valence-corrected chi connectivity index (χ0v) is 11.3. The maximum Gasteiger partial charge on any atom is 0.265 e. The quantitative estimate of drug-likeness (QED) is 0.749. The lowest BCUT2D eigenvalue weighted by Crippen LogP contribution is -2.10. The fraction of sp³-hybridized carbons (Fsp3) is 0.364. The van der Waals surface area contributed by atoms with Crippen LogP contribution in [0, 0.1) is 0 Å². The van der Waals surface area contributed by atoms with Crippen LogP contribution in [0.4, 0.5) is 0 Å². The van der Waals surface area contributed by atoms with Gasteiger partial charge < -0.3 is 4.42 Å². The van der Waals surface area contributed by atoms with Crippen LogP contribution >= 0.6 is 10.7 Å². The number of para-hydroxylation sites is 1. The van der Waals surface area contributed by atoms with Crippen molar-refractivity contribution in [2.45, 2.75) is 31.1 Å². The lowest BCUT2D eigenvalue weighted by atomic mass is 9.97. The molecule has 0 saturated carbocycles. The molecular weight excluding hydrogens is 262 g/mol. The van der Waals surface area contributed by atoms with Crippen molar-refractivity contribution in [1.29, 1.82) is 0 Å². The second-order valence-corrected chi connectivity index (χ2v) is 7.35. The van der Waals surface area contributed by atoms with Gasteiger partial charge in [-0.25, -0.2) is 13.4 Å². The fourth-order valence-electron chi connectivity index (χ4n) is 1.44. The Morgan fingerprint density at radius 3 is 2.47 bits per heavy atom. The van der Waals surface area contributed by atoms with Crippen LogP contribution in [0.5, 0.6) is 0 Å². The molecule has 0 fully saturated rings. The normalized spacial score (nSPS) is 13.2. The summed E-state index contributed by atoms with van der Waals surface area (Å²) < 4.78 is 28.3. The van der Waals surface area contributed by atoms with E-state index in [-0.39, 0.29) is 15.9 Å². The van der Waals surface area contributed by atoms with Crippen LogP contribution in [0.15, 0.2) is 27.5 Å². The number of rotatable bonds is 1. The van der Waals surface area contributed by atoms with Gasteiger partial charge in [-0.3, -0.25) is 0 Å². The minimum Gasteiger partial charge on any atom is -0.439 e. The molecule has 17 heavy (non-hydrogen) atoms. The highest BCUT2D eigenvalue weighted by molar-refractivity contribution is 8.13. The number of halogens is 1. The Hall–Kier alpha value is -1.07. The van der Waals surface area contributed by atoms with E-state index < -0.39 is 9.05 Å². The molecule has 0 atom stereocenters. The lowest BCUT2D eigenvalue weighted by Gasteiger charge is -2.11. The van der Waals surface area contributed by atoms with Crippen molar-refractivity contribution < 1.29 is 12.8 Å². The van der Waals surface area contributed by atoms with Gasteiger partial charge in [0.25, 0.3) is 9.05 Å². The molecule has 0 aliphatic rings. The van der Waals surface area contributed by atoms with Gasteiger partial charge in [-0.2, -0.15) is 0 Å². The Balaban J connectivity index is 2.79. The Labute approximate surface area is 104 Å². The number of benzene rings is 1. The second kappa shape index (κ2) is 3.71. The summed E-state index contributed by atoms with van der Waals surface area (Å²) in [5, 5.41) is 0. The Bertz CT molecular complexity index is 668. The summed E-state index contributed by atoms with van der Waals surface area (Å²) in [6.45, 7) is 5.81. The molecule has 2 aromatic rings. The zero-order valence-electron chi connectivity index (χ0n) is 9.69. The first-order valence-corrected chi connectivity index (χ1v) is 7.35. The Morgan fingerprint density at radius 2 is 1.94 bits per heavy atom. The molecule has 0 aliphatic heterocycles. The van der Waals surface area contributed by atoms with Crippen LogP contribution in [0.25, 0.3) is 11.1 Å². The molecule has 0 saturated heterocycles. The van der Waals surface area contributed by atoms with E-state index >= 15 is 0 Å². The van der Waals surface area contributed by atoms with Gasteiger partial charge in [-0.15, -0.1) is 0 Å². The number of oxazole rings is 1. The maximum atomic E-state index is 11.4. The fourth-order valence-corrected chi connectivity index (χ4v) is 2.41. The molecule has 0 unspecified atom stereocenters. The summed E-state index contributed by atoms with van der Waals surface area (Å²) in [6, 6.07) is 4.69. The highest BCUT2D eigenvalue weighted by Crippen LogP contribution is 2.30. The third-order valence-corrected chi connectivity index (χ3v) is 3.63. The highest BCUT2D eigenvalue weighted by Gasteiger charge is 2.24. The van der Waals surface area contributed by atoms with Crippen LogP contribution in [-0.2, 0) is 14.5 Å². The van der Waals surface area contributed by atoms with E-state index in [0.29, 0.717) is 11.4 Å². The van der Waals surface area contributed by atoms with Crippen molar-refractivity contribution >= 4 is 30.8 Å². The van der Waals surface area contributed by atoms with Gasteiger partial charge in [0.15, 0.2) is 5.58 Å². The average molecular weight is 274 g/mol. The summed E-state index contributed by atoms with van der Waals surface area (Å²) >= 11 is 0. The van der Waals surface area contributed by atoms with Crippen molar-refractivity contribution in [1.82, 2.24) is 4.98 Å². The van der Waals surface area contributed by atoms with E-state index in [1.165, 1.54) is 6.07 Å². The van der Waals surface area contributed by atoms with E-state index in [9.17, 15) is 8.42 Å². The number of hydrogen-bond acceptors (Lipinski definition) is 4. The molecule has 0 amide bonds. The van der Waals surface area contributed by atoms with Crippen molar-refractivity contribution in [2.75, 3.05) is 0 Å². The largest absolute Gasteiger partial charge is 0.439 e. The summed E-state index contributed by atoms with van der Waals surface area (Å²) in [5.41, 5.74) is 0.427. The van der Waals surface area contributed by atoms with E-state index in [1.54, 1.807) is 12.1 Å². The van der Waals surface area contributed by atoms with Gasteiger partial charge >= 0.3 is 0 Å². The van der Waals surface area contributed by atoms with Gasteiger partial charge in [0.05, 0.1) is 0 Å². The third kappa shape index (κ3) is 2.30. The van der Waals surface area contributed by atoms with Gasteiger partial charge in [0, 0.05) is 16.1 Å². The van der Waals surface area contributed by atoms with Gasteiger partial charge in [-0.05, 0) is 12.1 Å². The predicted molar refractivity (Wildman–Crippen MR) is 65.7 cm³/mol. The van der Waals surface area contributed by atoms with Crippen LogP contribution in [0.3, 0.4) is 0 Å². The predicted octanol–water partition coefficient (Wildman–Crippen LogP) is 3.05. The summed E-state index contributed by atoms with van der Waals surface area (Å²) in [4.78, 5) is 4.23. The molecule has 0 radical (unpaired) electrons. The third-order valence-electron chi connectivity index (χ3n) is 2.28. The molecule has 0 bridgehead atoms. The maximum absolute atomic E-state index is 11.4. The molecule has 1 aromatic carbocycles. The zero-order chi connectivity index (χ0) is 12.8. The van der Waals surface area contributed by atoms with Crippen LogP contribution in [0.1, 0.15) is 26.7 Å². The number of fused-ring (bicyclic) bond motifs is 1. The first kappa shape index (κ1) is 12.4. The van der Waals surface area contributed by atoms with Gasteiger partial charge in [0.1, 0.15) is 10.4 Å². The lowest BCUT2D eigenvalue weighted by molar-refractivity contribution is 0.408. The van der Waals surface area contributed by atoms with Crippen molar-refractivity contribution in [2.24, 2.45) is 0 Å². The van der Waals surface area contributed by atoms with Crippen LogP contribution in [-0.4, -0.2) is 13.4 Å². The second-order valence-electron chi connectivity index (χ2n) is 4.81. The van der Waals surface area contributed by atoms with E-state index in [4.69, 9.17) is 15.1 Å². The monoisotopic (exact) mass is 273 g/mol. The number of nitrogens with zero attached hydrogens (tertiary/aromatic N) is 1. The van der Waals surface area contributed by atoms with Crippen molar-refractivity contribution in [3.8, 4) is 0 Å². The van der Waals surface area contributed by atoms with E-state index in [0.717, 1.165) is 0 Å². The topological polar surface area (TPSA) is 60.2 Å². The first-order chi connectivity index (χ1) is 7.69. The van der Waals surface area contributed by atoms with E-state index in [1.807, 2.05) is 20.8 Å². The molecule has 4 nitrogen and oxygen atoms in total. The van der Waals surface area contributed by atoms with Gasteiger partial charge in [-0.1, -0.05) is 26.8 Å². The number of aromatic nitrogens is 1. The molecule has 1 heterocycles. The van der Waals surface area contributed by atoms with Crippen LogP contribution in [0.2, 0.25) is 0 Å². The Morgan fingerprint density at radius 1 is 1.29 bits per heavy atom. The van der Waals surface area contributed by atoms with Gasteiger partial charge in [0.2, 0.25) is 5.89 Å². The van der Waals surface area contributed by atoms with E-state index in [2.05, 4.69) is 4.98 Å². The molecule has 92 valence electrons.